The van der Waals surface area contributed by atoms with Gasteiger partial charge in [-0.25, -0.2) is 0 Å². The zero-order chi connectivity index (χ0) is 11.1. The number of rotatable bonds is 3. The van der Waals surface area contributed by atoms with Gasteiger partial charge in [-0.15, -0.1) is 0 Å². The molecule has 0 saturated heterocycles. The zero-order valence-corrected chi connectivity index (χ0v) is 8.82. The smallest absolute Gasteiger partial charge is 0.0629 e. The third kappa shape index (κ3) is 3.17. The van der Waals surface area contributed by atoms with Crippen molar-refractivity contribution in [2.75, 3.05) is 0 Å². The minimum atomic E-state index is 0.960. The third-order valence-electron chi connectivity index (χ3n) is 2.06. The number of pyridine rings is 2. The van der Waals surface area contributed by atoms with Gasteiger partial charge in [0.2, 0.25) is 0 Å². The molecule has 2 heterocycles. The maximum absolute atomic E-state index is 4.19. The van der Waals surface area contributed by atoms with Gasteiger partial charge in [-0.05, 0) is 35.9 Å². The Bertz CT molecular complexity index is 425. The summed E-state index contributed by atoms with van der Waals surface area (Å²) in [5.74, 6) is 0. The summed E-state index contributed by atoms with van der Waals surface area (Å²) >= 11 is 0. The average Bonchev–Trinajstić information content (AvgIpc) is 2.37. The van der Waals surface area contributed by atoms with Crippen LogP contribution in [-0.4, -0.2) is 9.97 Å². The summed E-state index contributed by atoms with van der Waals surface area (Å²) in [6.07, 6.45) is 13.3. The largest absolute Gasteiger partial charge is 0.265 e. The Morgan fingerprint density at radius 2 is 1.62 bits per heavy atom. The van der Waals surface area contributed by atoms with Crippen LogP contribution >= 0.6 is 0 Å². The van der Waals surface area contributed by atoms with E-state index in [0.717, 1.165) is 11.3 Å². The lowest BCUT2D eigenvalue weighted by Gasteiger charge is -1.89. The van der Waals surface area contributed by atoms with Gasteiger partial charge in [-0.3, -0.25) is 9.97 Å². The van der Waals surface area contributed by atoms with Gasteiger partial charge in [0.25, 0.3) is 0 Å². The molecule has 0 amide bonds. The lowest BCUT2D eigenvalue weighted by molar-refractivity contribution is 1.30. The Morgan fingerprint density at radius 1 is 0.812 bits per heavy atom. The lowest BCUT2D eigenvalue weighted by Crippen LogP contribution is -1.75. The SMILES string of the molecule is C(C=Cc1ccccn1)=Cc1ccncc1. The first-order valence-corrected chi connectivity index (χ1v) is 5.11. The molecular formula is C14H12N2. The molecule has 0 saturated carbocycles. The molecule has 2 aromatic heterocycles. The highest BCUT2D eigenvalue weighted by atomic mass is 14.6. The van der Waals surface area contributed by atoms with Gasteiger partial charge in [-0.1, -0.05) is 24.3 Å². The molecule has 0 bridgehead atoms. The highest BCUT2D eigenvalue weighted by Gasteiger charge is 1.83. The summed E-state index contributed by atoms with van der Waals surface area (Å²) in [5, 5.41) is 0. The second-order valence-corrected chi connectivity index (χ2v) is 3.25. The predicted octanol–water partition coefficient (Wildman–Crippen LogP) is 3.20. The molecule has 0 aliphatic rings. The van der Waals surface area contributed by atoms with Gasteiger partial charge in [0, 0.05) is 18.6 Å². The number of allylic oxidation sites excluding steroid dienone is 2. The Morgan fingerprint density at radius 3 is 2.38 bits per heavy atom. The van der Waals surface area contributed by atoms with E-state index in [-0.39, 0.29) is 0 Å². The summed E-state index contributed by atoms with van der Waals surface area (Å²) in [7, 11) is 0. The lowest BCUT2D eigenvalue weighted by atomic mass is 10.2. The maximum atomic E-state index is 4.19. The summed E-state index contributed by atoms with van der Waals surface area (Å²) in [4.78, 5) is 8.15. The first-order valence-electron chi connectivity index (χ1n) is 5.11. The number of aromatic nitrogens is 2. The van der Waals surface area contributed by atoms with E-state index in [9.17, 15) is 0 Å². The molecule has 0 aliphatic heterocycles. The molecule has 0 aromatic carbocycles. The molecule has 0 spiro atoms. The van der Waals surface area contributed by atoms with Crippen LogP contribution in [0.3, 0.4) is 0 Å². The summed E-state index contributed by atoms with van der Waals surface area (Å²) in [6, 6.07) is 9.77. The molecule has 2 rings (SSSR count). The van der Waals surface area contributed by atoms with Crippen LogP contribution in [0.4, 0.5) is 0 Å². The van der Waals surface area contributed by atoms with E-state index in [1.807, 2.05) is 54.6 Å². The molecule has 2 nitrogen and oxygen atoms in total. The highest BCUT2D eigenvalue weighted by molar-refractivity contribution is 5.54. The Kier molecular flexibility index (Phi) is 3.61. The average molecular weight is 208 g/mol. The summed E-state index contributed by atoms with van der Waals surface area (Å²) in [5.41, 5.74) is 2.10. The minimum Gasteiger partial charge on any atom is -0.265 e. The fourth-order valence-corrected chi connectivity index (χ4v) is 1.27. The van der Waals surface area contributed by atoms with Crippen molar-refractivity contribution in [3.05, 3.63) is 72.3 Å². The monoisotopic (exact) mass is 208 g/mol. The van der Waals surface area contributed by atoms with Crippen molar-refractivity contribution in [1.82, 2.24) is 9.97 Å². The van der Waals surface area contributed by atoms with Crippen molar-refractivity contribution in [3.8, 4) is 0 Å². The van der Waals surface area contributed by atoms with Gasteiger partial charge < -0.3 is 0 Å². The summed E-state index contributed by atoms with van der Waals surface area (Å²) < 4.78 is 0. The molecule has 0 N–H and O–H groups in total. The third-order valence-corrected chi connectivity index (χ3v) is 2.06. The minimum absolute atomic E-state index is 0.960. The molecule has 0 fully saturated rings. The van der Waals surface area contributed by atoms with Crippen LogP contribution in [0.25, 0.3) is 12.2 Å². The van der Waals surface area contributed by atoms with E-state index in [1.165, 1.54) is 0 Å². The van der Waals surface area contributed by atoms with Crippen molar-refractivity contribution in [3.63, 3.8) is 0 Å². The summed E-state index contributed by atoms with van der Waals surface area (Å²) in [6.45, 7) is 0. The molecule has 0 atom stereocenters. The van der Waals surface area contributed by atoms with Crippen molar-refractivity contribution < 1.29 is 0 Å². The second-order valence-electron chi connectivity index (χ2n) is 3.25. The molecule has 0 radical (unpaired) electrons. The maximum Gasteiger partial charge on any atom is 0.0629 e. The van der Waals surface area contributed by atoms with E-state index in [4.69, 9.17) is 0 Å². The predicted molar refractivity (Wildman–Crippen MR) is 66.5 cm³/mol. The number of nitrogens with zero attached hydrogens (tertiary/aromatic N) is 2. The Hall–Kier alpha value is -2.22. The number of hydrogen-bond acceptors (Lipinski definition) is 2. The van der Waals surface area contributed by atoms with Crippen LogP contribution in [0.15, 0.2) is 61.1 Å². The van der Waals surface area contributed by atoms with E-state index >= 15 is 0 Å². The van der Waals surface area contributed by atoms with Crippen LogP contribution in [0, 0.1) is 0 Å². The fourth-order valence-electron chi connectivity index (χ4n) is 1.27. The quantitative estimate of drug-likeness (QED) is 0.724. The van der Waals surface area contributed by atoms with Gasteiger partial charge >= 0.3 is 0 Å². The van der Waals surface area contributed by atoms with Gasteiger partial charge in [0.1, 0.15) is 0 Å². The first-order chi connectivity index (χ1) is 7.95. The standard InChI is InChI=1S/C14H12N2/c1(5-13-8-11-15-12-9-13)2-6-14-7-3-4-10-16-14/h1-12H. The Labute approximate surface area is 95.0 Å². The van der Waals surface area contributed by atoms with Gasteiger partial charge in [0.05, 0.1) is 5.69 Å². The van der Waals surface area contributed by atoms with Gasteiger partial charge in [-0.2, -0.15) is 0 Å². The van der Waals surface area contributed by atoms with Crippen LogP contribution in [-0.2, 0) is 0 Å². The van der Waals surface area contributed by atoms with Crippen molar-refractivity contribution in [1.29, 1.82) is 0 Å². The van der Waals surface area contributed by atoms with E-state index < -0.39 is 0 Å². The molecule has 2 heteroatoms. The molecule has 0 unspecified atom stereocenters. The van der Waals surface area contributed by atoms with Crippen molar-refractivity contribution in [2.24, 2.45) is 0 Å². The van der Waals surface area contributed by atoms with E-state index in [1.54, 1.807) is 18.6 Å². The highest BCUT2D eigenvalue weighted by Crippen LogP contribution is 2.01. The number of hydrogen-bond donors (Lipinski definition) is 0. The fraction of sp³-hybridized carbons (Fsp3) is 0. The Balaban J connectivity index is 1.98. The van der Waals surface area contributed by atoms with Crippen molar-refractivity contribution in [2.45, 2.75) is 0 Å². The van der Waals surface area contributed by atoms with Gasteiger partial charge in [0.15, 0.2) is 0 Å². The molecule has 2 aromatic rings. The second kappa shape index (κ2) is 5.61. The van der Waals surface area contributed by atoms with Crippen LogP contribution in [0.5, 0.6) is 0 Å². The molecule has 78 valence electrons. The van der Waals surface area contributed by atoms with Crippen LogP contribution in [0.1, 0.15) is 11.3 Å². The molecular weight excluding hydrogens is 196 g/mol. The molecule has 16 heavy (non-hydrogen) atoms. The normalized spacial score (nSPS) is 11.2. The van der Waals surface area contributed by atoms with Crippen molar-refractivity contribution >= 4 is 12.2 Å². The topological polar surface area (TPSA) is 25.8 Å². The van der Waals surface area contributed by atoms with E-state index in [0.29, 0.717) is 0 Å². The van der Waals surface area contributed by atoms with Crippen LogP contribution in [0.2, 0.25) is 0 Å². The van der Waals surface area contributed by atoms with Crippen LogP contribution < -0.4 is 0 Å². The molecule has 0 aliphatic carbocycles. The van der Waals surface area contributed by atoms with E-state index in [2.05, 4.69) is 9.97 Å². The first kappa shape index (κ1) is 10.3. The zero-order valence-electron chi connectivity index (χ0n) is 8.82.